The molecule has 4 rings (SSSR count). The molecule has 0 amide bonds. The Kier molecular flexibility index (Phi) is 6.83. The first-order valence-electron chi connectivity index (χ1n) is 8.68. The van der Waals surface area contributed by atoms with Gasteiger partial charge in [0, 0.05) is 24.5 Å². The smallest absolute Gasteiger partial charge is 0.317 e. The lowest BCUT2D eigenvalue weighted by molar-refractivity contribution is -0.384. The molecule has 10 nitrogen and oxygen atoms in total. The van der Waals surface area contributed by atoms with E-state index in [1.165, 1.54) is 33.8 Å². The fourth-order valence-corrected chi connectivity index (χ4v) is 3.80. The molecule has 2 unspecified atom stereocenters. The number of nitro groups is 1. The van der Waals surface area contributed by atoms with Gasteiger partial charge in [0.05, 0.1) is 28.3 Å². The predicted octanol–water partition coefficient (Wildman–Crippen LogP) is 2.07. The van der Waals surface area contributed by atoms with Crippen molar-refractivity contribution in [2.75, 3.05) is 0 Å². The first-order chi connectivity index (χ1) is 13.0. The normalized spacial score (nSPS) is 18.7. The minimum atomic E-state index is -0.815. The molecule has 0 spiro atoms. The summed E-state index contributed by atoms with van der Waals surface area (Å²) in [5.41, 5.74) is 5.42. The molecule has 156 valence electrons. The molecular weight excluding hydrogens is 423 g/mol. The first kappa shape index (κ1) is 22.6. The van der Waals surface area contributed by atoms with E-state index in [2.05, 4.69) is 9.97 Å². The van der Waals surface area contributed by atoms with Crippen LogP contribution >= 0.6 is 24.8 Å². The van der Waals surface area contributed by atoms with E-state index in [9.17, 15) is 19.7 Å². The minimum absolute atomic E-state index is 0. The molecule has 2 aromatic heterocycles. The third-order valence-corrected chi connectivity index (χ3v) is 5.11. The zero-order valence-electron chi connectivity index (χ0n) is 15.2. The maximum Gasteiger partial charge on any atom is 0.317 e. The Morgan fingerprint density at radius 2 is 1.93 bits per heavy atom. The van der Waals surface area contributed by atoms with Crippen LogP contribution in [0.15, 0.2) is 40.4 Å². The molecule has 1 saturated carbocycles. The highest BCUT2D eigenvalue weighted by Crippen LogP contribution is 2.31. The Morgan fingerprint density at radius 1 is 1.21 bits per heavy atom. The molecule has 2 atom stereocenters. The van der Waals surface area contributed by atoms with Crippen molar-refractivity contribution in [3.63, 3.8) is 0 Å². The van der Waals surface area contributed by atoms with Gasteiger partial charge in [0.15, 0.2) is 0 Å². The number of halogens is 2. The minimum Gasteiger partial charge on any atom is -0.326 e. The van der Waals surface area contributed by atoms with Crippen LogP contribution in [0.5, 0.6) is 0 Å². The highest BCUT2D eigenvalue weighted by atomic mass is 35.5. The van der Waals surface area contributed by atoms with Gasteiger partial charge in [-0.05, 0) is 18.9 Å². The first-order valence-corrected chi connectivity index (χ1v) is 8.68. The number of fused-ring (bicyclic) bond motifs is 1. The van der Waals surface area contributed by atoms with Crippen LogP contribution in [-0.4, -0.2) is 30.1 Å². The van der Waals surface area contributed by atoms with Crippen LogP contribution in [-0.2, 0) is 0 Å². The Hall–Kier alpha value is -2.69. The van der Waals surface area contributed by atoms with Crippen molar-refractivity contribution in [1.29, 1.82) is 0 Å². The van der Waals surface area contributed by atoms with Crippen molar-refractivity contribution in [3.8, 4) is 5.69 Å². The van der Waals surface area contributed by atoms with Gasteiger partial charge >= 0.3 is 11.1 Å². The summed E-state index contributed by atoms with van der Waals surface area (Å²) in [5, 5.41) is 11.5. The quantitative estimate of drug-likeness (QED) is 0.361. The number of rotatable bonds is 3. The van der Waals surface area contributed by atoms with Gasteiger partial charge in [0.25, 0.3) is 5.69 Å². The third-order valence-electron chi connectivity index (χ3n) is 5.11. The monoisotopic (exact) mass is 442 g/mol. The number of H-pyrrole nitrogens is 1. The van der Waals surface area contributed by atoms with E-state index in [0.717, 1.165) is 19.3 Å². The third kappa shape index (κ3) is 3.91. The molecule has 1 aliphatic carbocycles. The number of aromatic amines is 1. The summed E-state index contributed by atoms with van der Waals surface area (Å²) < 4.78 is 2.90. The Balaban J connectivity index is 0.00000150. The maximum atomic E-state index is 12.7. The highest BCUT2D eigenvalue weighted by molar-refractivity contribution is 5.85. The lowest BCUT2D eigenvalue weighted by Gasteiger charge is -2.31. The lowest BCUT2D eigenvalue weighted by Crippen LogP contribution is -2.45. The number of nitro benzene ring substituents is 1. The highest BCUT2D eigenvalue weighted by Gasteiger charge is 2.28. The number of aromatic nitrogens is 4. The summed E-state index contributed by atoms with van der Waals surface area (Å²) in [5.74, 6) is 0. The van der Waals surface area contributed by atoms with E-state index in [1.54, 1.807) is 6.20 Å². The fourth-order valence-electron chi connectivity index (χ4n) is 3.80. The van der Waals surface area contributed by atoms with Crippen LogP contribution in [0.2, 0.25) is 0 Å². The van der Waals surface area contributed by atoms with Crippen LogP contribution in [0.4, 0.5) is 5.69 Å². The van der Waals surface area contributed by atoms with Crippen LogP contribution in [0, 0.1) is 10.1 Å². The lowest BCUT2D eigenvalue weighted by atomic mass is 9.90. The van der Waals surface area contributed by atoms with Gasteiger partial charge in [0.2, 0.25) is 0 Å². The van der Waals surface area contributed by atoms with E-state index >= 15 is 0 Å². The van der Waals surface area contributed by atoms with Gasteiger partial charge in [-0.25, -0.2) is 4.98 Å². The second-order valence-electron chi connectivity index (χ2n) is 6.73. The average molecular weight is 443 g/mol. The van der Waals surface area contributed by atoms with Crippen molar-refractivity contribution in [1.82, 2.24) is 19.1 Å². The molecular formula is C17H20Cl2N6O4. The number of nitrogens with two attached hydrogens (primary N) is 1. The summed E-state index contributed by atoms with van der Waals surface area (Å²) in [7, 11) is 0. The van der Waals surface area contributed by atoms with Gasteiger partial charge < -0.3 is 15.3 Å². The van der Waals surface area contributed by atoms with Gasteiger partial charge in [-0.1, -0.05) is 12.8 Å². The largest absolute Gasteiger partial charge is 0.326 e. The molecule has 0 radical (unpaired) electrons. The Bertz CT molecular complexity index is 1140. The van der Waals surface area contributed by atoms with Gasteiger partial charge in [-0.2, -0.15) is 0 Å². The van der Waals surface area contributed by atoms with Crippen molar-refractivity contribution in [3.05, 3.63) is 61.7 Å². The fraction of sp³-hybridized carbons (Fsp3) is 0.353. The van der Waals surface area contributed by atoms with Crippen LogP contribution < -0.4 is 16.9 Å². The van der Waals surface area contributed by atoms with Crippen LogP contribution in [0.1, 0.15) is 31.7 Å². The molecule has 1 fully saturated rings. The molecule has 3 aromatic rings. The molecule has 0 bridgehead atoms. The molecule has 3 N–H and O–H groups in total. The van der Waals surface area contributed by atoms with E-state index < -0.39 is 16.0 Å². The molecule has 12 heteroatoms. The molecule has 1 aromatic carbocycles. The maximum absolute atomic E-state index is 12.7. The van der Waals surface area contributed by atoms with E-state index in [1.807, 2.05) is 0 Å². The summed E-state index contributed by atoms with van der Waals surface area (Å²) in [6.07, 6.45) is 7.83. The number of hydrogen-bond acceptors (Lipinski definition) is 6. The van der Waals surface area contributed by atoms with Gasteiger partial charge in [0.1, 0.15) is 5.69 Å². The second-order valence-corrected chi connectivity index (χ2v) is 6.73. The summed E-state index contributed by atoms with van der Waals surface area (Å²) >= 11 is 0. The number of imidazole rings is 1. The SMILES string of the molecule is Cl.Cl.NC1CCCCC1n1c(=O)c(=O)[nH]c2cc([N+](=O)[O-])c(-n3ccnc3)cc21. The topological polar surface area (TPSA) is 142 Å². The molecule has 2 heterocycles. The van der Waals surface area contributed by atoms with Crippen LogP contribution in [0.3, 0.4) is 0 Å². The Morgan fingerprint density at radius 3 is 2.55 bits per heavy atom. The Labute approximate surface area is 176 Å². The standard InChI is InChI=1S/C17H18N6O4.2ClH/c18-10-3-1-2-4-12(10)22-13-8-14(21-6-5-19-9-21)15(23(26)27)7-11(13)20-16(24)17(22)25;;/h5-10,12H,1-4,18H2,(H,20,24);2*1H. The van der Waals surface area contributed by atoms with Crippen molar-refractivity contribution < 1.29 is 4.92 Å². The van der Waals surface area contributed by atoms with Gasteiger partial charge in [-0.15, -0.1) is 24.8 Å². The second kappa shape index (κ2) is 8.76. The zero-order chi connectivity index (χ0) is 19.1. The van der Waals surface area contributed by atoms with E-state index in [0.29, 0.717) is 11.9 Å². The zero-order valence-corrected chi connectivity index (χ0v) is 16.8. The summed E-state index contributed by atoms with van der Waals surface area (Å²) in [4.78, 5) is 42.2. The molecule has 1 aliphatic rings. The van der Waals surface area contributed by atoms with Crippen molar-refractivity contribution in [2.45, 2.75) is 37.8 Å². The summed E-state index contributed by atoms with van der Waals surface area (Å²) in [6, 6.07) is 2.23. The summed E-state index contributed by atoms with van der Waals surface area (Å²) in [6.45, 7) is 0. The average Bonchev–Trinajstić information content (AvgIpc) is 3.17. The number of nitrogens with one attached hydrogen (secondary N) is 1. The number of benzene rings is 1. The van der Waals surface area contributed by atoms with E-state index in [-0.39, 0.29) is 53.8 Å². The van der Waals surface area contributed by atoms with Crippen LogP contribution in [0.25, 0.3) is 16.7 Å². The molecule has 0 saturated heterocycles. The van der Waals surface area contributed by atoms with Gasteiger partial charge in [-0.3, -0.25) is 24.3 Å². The van der Waals surface area contributed by atoms with Crippen molar-refractivity contribution >= 4 is 41.5 Å². The molecule has 29 heavy (non-hydrogen) atoms. The predicted molar refractivity (Wildman–Crippen MR) is 113 cm³/mol. The van der Waals surface area contributed by atoms with Crippen molar-refractivity contribution in [2.24, 2.45) is 5.73 Å². The molecule has 0 aliphatic heterocycles. The van der Waals surface area contributed by atoms with E-state index in [4.69, 9.17) is 5.73 Å². The number of nitrogens with zero attached hydrogens (tertiary/aromatic N) is 4. The number of hydrogen-bond donors (Lipinski definition) is 2.